The van der Waals surface area contributed by atoms with E-state index in [4.69, 9.17) is 10.4 Å². The summed E-state index contributed by atoms with van der Waals surface area (Å²) in [7, 11) is 0. The standard InChI is InChI=1S/C12H12F3N3O2/c1-8-9(6-16)2-3-10(17-8)11(20)18(4-5-19)7-12(13,14)15/h2-3,19H,4-5,7H2,1H3. The van der Waals surface area contributed by atoms with Crippen molar-refractivity contribution in [2.45, 2.75) is 13.1 Å². The number of nitriles is 1. The topological polar surface area (TPSA) is 77.2 Å². The number of alkyl halides is 3. The Labute approximate surface area is 113 Å². The molecule has 1 heterocycles. The first kappa shape index (κ1) is 15.9. The molecule has 0 fully saturated rings. The predicted molar refractivity (Wildman–Crippen MR) is 62.7 cm³/mol. The van der Waals surface area contributed by atoms with Gasteiger partial charge in [0, 0.05) is 6.54 Å². The van der Waals surface area contributed by atoms with Crippen LogP contribution in [0.4, 0.5) is 13.2 Å². The molecule has 0 saturated heterocycles. The molecule has 0 bridgehead atoms. The molecule has 0 spiro atoms. The van der Waals surface area contributed by atoms with Crippen molar-refractivity contribution < 1.29 is 23.1 Å². The highest BCUT2D eigenvalue weighted by atomic mass is 19.4. The van der Waals surface area contributed by atoms with Gasteiger partial charge in [-0.15, -0.1) is 0 Å². The van der Waals surface area contributed by atoms with Gasteiger partial charge in [-0.25, -0.2) is 4.98 Å². The molecule has 1 aromatic rings. The third-order valence-corrected chi connectivity index (χ3v) is 2.45. The molecule has 0 aromatic carbocycles. The second-order valence-electron chi connectivity index (χ2n) is 4.01. The minimum absolute atomic E-state index is 0.195. The van der Waals surface area contributed by atoms with Crippen molar-refractivity contribution in [2.75, 3.05) is 19.7 Å². The number of nitrogens with zero attached hydrogens (tertiary/aromatic N) is 3. The molecule has 5 nitrogen and oxygen atoms in total. The lowest BCUT2D eigenvalue weighted by Crippen LogP contribution is -2.41. The summed E-state index contributed by atoms with van der Waals surface area (Å²) in [6.07, 6.45) is -4.56. The second kappa shape index (κ2) is 6.34. The first-order valence-corrected chi connectivity index (χ1v) is 5.63. The fourth-order valence-corrected chi connectivity index (χ4v) is 1.55. The highest BCUT2D eigenvalue weighted by molar-refractivity contribution is 5.92. The Morgan fingerprint density at radius 2 is 2.15 bits per heavy atom. The lowest BCUT2D eigenvalue weighted by atomic mass is 10.2. The largest absolute Gasteiger partial charge is 0.406 e. The van der Waals surface area contributed by atoms with E-state index >= 15 is 0 Å². The van der Waals surface area contributed by atoms with Crippen LogP contribution >= 0.6 is 0 Å². The number of rotatable bonds is 4. The monoisotopic (exact) mass is 287 g/mol. The van der Waals surface area contributed by atoms with E-state index in [0.717, 1.165) is 0 Å². The van der Waals surface area contributed by atoms with Crippen LogP contribution < -0.4 is 0 Å². The number of aryl methyl sites for hydroxylation is 1. The number of hydrogen-bond acceptors (Lipinski definition) is 4. The predicted octanol–water partition coefficient (Wildman–Crippen LogP) is 1.26. The number of pyridine rings is 1. The van der Waals surface area contributed by atoms with Crippen LogP contribution in [0, 0.1) is 18.3 Å². The molecule has 0 aliphatic heterocycles. The van der Waals surface area contributed by atoms with Crippen molar-refractivity contribution >= 4 is 5.91 Å². The van der Waals surface area contributed by atoms with E-state index in [1.54, 1.807) is 0 Å². The molecule has 1 aromatic heterocycles. The SMILES string of the molecule is Cc1nc(C(=O)N(CCO)CC(F)(F)F)ccc1C#N. The van der Waals surface area contributed by atoms with Crippen molar-refractivity contribution in [3.05, 3.63) is 29.1 Å². The van der Waals surface area contributed by atoms with Gasteiger partial charge in [0.05, 0.1) is 17.9 Å². The molecule has 8 heteroatoms. The van der Waals surface area contributed by atoms with Crippen LogP contribution in [0.5, 0.6) is 0 Å². The van der Waals surface area contributed by atoms with Crippen LogP contribution in [0.3, 0.4) is 0 Å². The molecule has 108 valence electrons. The zero-order valence-corrected chi connectivity index (χ0v) is 10.6. The summed E-state index contributed by atoms with van der Waals surface area (Å²) in [5.41, 5.74) is 0.305. The second-order valence-corrected chi connectivity index (χ2v) is 4.01. The maximum Gasteiger partial charge on any atom is 0.406 e. The van der Waals surface area contributed by atoms with Crippen molar-refractivity contribution in [3.8, 4) is 6.07 Å². The van der Waals surface area contributed by atoms with Crippen LogP contribution in [-0.2, 0) is 0 Å². The van der Waals surface area contributed by atoms with Gasteiger partial charge in [-0.05, 0) is 19.1 Å². The molecule has 0 aliphatic rings. The molecule has 0 radical (unpaired) electrons. The van der Waals surface area contributed by atoms with Crippen LogP contribution in [0.15, 0.2) is 12.1 Å². The summed E-state index contributed by atoms with van der Waals surface area (Å²) in [6.45, 7) is -1.02. The Morgan fingerprint density at radius 3 is 2.60 bits per heavy atom. The van der Waals surface area contributed by atoms with Crippen molar-refractivity contribution in [1.29, 1.82) is 5.26 Å². The molecule has 0 atom stereocenters. The lowest BCUT2D eigenvalue weighted by molar-refractivity contribution is -0.141. The van der Waals surface area contributed by atoms with Gasteiger partial charge in [0.15, 0.2) is 0 Å². The number of hydrogen-bond donors (Lipinski definition) is 1. The van der Waals surface area contributed by atoms with E-state index in [2.05, 4.69) is 4.98 Å². The number of aromatic nitrogens is 1. The fourth-order valence-electron chi connectivity index (χ4n) is 1.55. The van der Waals surface area contributed by atoms with E-state index in [-0.39, 0.29) is 17.0 Å². The zero-order valence-electron chi connectivity index (χ0n) is 10.6. The van der Waals surface area contributed by atoms with Gasteiger partial charge in [0.1, 0.15) is 18.3 Å². The van der Waals surface area contributed by atoms with E-state index in [1.165, 1.54) is 19.1 Å². The molecular weight excluding hydrogens is 275 g/mol. The van der Waals surface area contributed by atoms with Crippen molar-refractivity contribution in [2.24, 2.45) is 0 Å². The maximum absolute atomic E-state index is 12.4. The number of aliphatic hydroxyl groups is 1. The van der Waals surface area contributed by atoms with E-state index < -0.39 is 31.8 Å². The Morgan fingerprint density at radius 1 is 1.50 bits per heavy atom. The van der Waals surface area contributed by atoms with Crippen LogP contribution in [0.25, 0.3) is 0 Å². The highest BCUT2D eigenvalue weighted by Gasteiger charge is 2.33. The van der Waals surface area contributed by atoms with Crippen LogP contribution in [0.1, 0.15) is 21.7 Å². The summed E-state index contributed by atoms with van der Waals surface area (Å²) in [5, 5.41) is 17.5. The van der Waals surface area contributed by atoms with Crippen molar-refractivity contribution in [1.82, 2.24) is 9.88 Å². The molecule has 1 rings (SSSR count). The average molecular weight is 287 g/mol. The zero-order chi connectivity index (χ0) is 15.3. The number of aliphatic hydroxyl groups excluding tert-OH is 1. The first-order chi connectivity index (χ1) is 9.28. The molecule has 1 N–H and O–H groups in total. The third-order valence-electron chi connectivity index (χ3n) is 2.45. The summed E-state index contributed by atoms with van der Waals surface area (Å²) in [4.78, 5) is 16.2. The molecule has 20 heavy (non-hydrogen) atoms. The summed E-state index contributed by atoms with van der Waals surface area (Å²) in [6, 6.07) is 4.36. The molecule has 0 saturated carbocycles. The van der Waals surface area contributed by atoms with Gasteiger partial charge in [-0.1, -0.05) is 0 Å². The normalized spacial score (nSPS) is 11.0. The van der Waals surface area contributed by atoms with Gasteiger partial charge >= 0.3 is 6.18 Å². The Kier molecular flexibility index (Phi) is 5.05. The summed E-state index contributed by atoms with van der Waals surface area (Å²) in [5.74, 6) is -0.941. The van der Waals surface area contributed by atoms with Gasteiger partial charge in [0.2, 0.25) is 0 Å². The lowest BCUT2D eigenvalue weighted by Gasteiger charge is -2.22. The number of carbonyl (C=O) groups excluding carboxylic acids is 1. The highest BCUT2D eigenvalue weighted by Crippen LogP contribution is 2.18. The van der Waals surface area contributed by atoms with Gasteiger partial charge in [0.25, 0.3) is 5.91 Å². The minimum Gasteiger partial charge on any atom is -0.395 e. The number of carbonyl (C=O) groups is 1. The summed E-state index contributed by atoms with van der Waals surface area (Å²) < 4.78 is 37.1. The third kappa shape index (κ3) is 4.20. The smallest absolute Gasteiger partial charge is 0.395 e. The molecule has 0 unspecified atom stereocenters. The van der Waals surface area contributed by atoms with Gasteiger partial charge in [-0.2, -0.15) is 18.4 Å². The minimum atomic E-state index is -4.56. The molecule has 0 aliphatic carbocycles. The Balaban J connectivity index is 3.01. The Hall–Kier alpha value is -2.14. The van der Waals surface area contributed by atoms with Gasteiger partial charge in [-0.3, -0.25) is 4.79 Å². The maximum atomic E-state index is 12.4. The fraction of sp³-hybridized carbons (Fsp3) is 0.417. The van der Waals surface area contributed by atoms with Gasteiger partial charge < -0.3 is 10.0 Å². The van der Waals surface area contributed by atoms with E-state index in [0.29, 0.717) is 4.90 Å². The average Bonchev–Trinajstić information content (AvgIpc) is 2.35. The summed E-state index contributed by atoms with van der Waals surface area (Å²) >= 11 is 0. The van der Waals surface area contributed by atoms with E-state index in [1.807, 2.05) is 6.07 Å². The molecular formula is C12H12F3N3O2. The van der Waals surface area contributed by atoms with Crippen LogP contribution in [-0.4, -0.2) is 46.8 Å². The van der Waals surface area contributed by atoms with Crippen LogP contribution in [0.2, 0.25) is 0 Å². The first-order valence-electron chi connectivity index (χ1n) is 5.63. The Bertz CT molecular complexity index is 538. The van der Waals surface area contributed by atoms with E-state index in [9.17, 15) is 18.0 Å². The number of halogens is 3. The van der Waals surface area contributed by atoms with Crippen molar-refractivity contribution in [3.63, 3.8) is 0 Å². The quantitative estimate of drug-likeness (QED) is 0.904. The number of amides is 1. The molecule has 1 amide bonds.